The van der Waals surface area contributed by atoms with Crippen molar-refractivity contribution < 1.29 is 23.2 Å². The third-order valence-electron chi connectivity index (χ3n) is 1.71. The molecule has 0 unspecified atom stereocenters. The molecule has 0 fully saturated rings. The van der Waals surface area contributed by atoms with Crippen LogP contribution in [0.1, 0.15) is 6.42 Å². The number of nitrogens with zero attached hydrogens (tertiary/aromatic N) is 1. The Bertz CT molecular complexity index is 228. The van der Waals surface area contributed by atoms with Gasteiger partial charge in [0.2, 0.25) is 0 Å². The first-order valence-corrected chi connectivity index (χ1v) is 5.99. The van der Waals surface area contributed by atoms with Gasteiger partial charge in [-0.15, -0.1) is 0 Å². The van der Waals surface area contributed by atoms with Gasteiger partial charge in [-0.3, -0.25) is 9.45 Å². The number of rotatable bonds is 8. The summed E-state index contributed by atoms with van der Waals surface area (Å²) in [5.41, 5.74) is 0. The van der Waals surface area contributed by atoms with Crippen LogP contribution in [0.4, 0.5) is 0 Å². The van der Waals surface area contributed by atoms with E-state index in [1.165, 1.54) is 0 Å². The molecule has 0 amide bonds. The molecule has 0 heterocycles. The van der Waals surface area contributed by atoms with Crippen LogP contribution in [0, 0.1) is 0 Å². The highest BCUT2D eigenvalue weighted by atomic mass is 32.2. The lowest BCUT2D eigenvalue weighted by Crippen LogP contribution is -2.33. The molecule has 0 atom stereocenters. The SMILES string of the molecule is O=S(=O)(O)CCN(CCO)CCCO. The zero-order valence-corrected chi connectivity index (χ0v) is 8.78. The first-order valence-electron chi connectivity index (χ1n) is 4.39. The van der Waals surface area contributed by atoms with Gasteiger partial charge in [-0.1, -0.05) is 0 Å². The summed E-state index contributed by atoms with van der Waals surface area (Å²) >= 11 is 0. The Morgan fingerprint density at radius 3 is 2.07 bits per heavy atom. The van der Waals surface area contributed by atoms with Crippen molar-refractivity contribution in [3.63, 3.8) is 0 Å². The summed E-state index contributed by atoms with van der Waals surface area (Å²) < 4.78 is 29.4. The Balaban J connectivity index is 3.84. The molecule has 6 nitrogen and oxygen atoms in total. The van der Waals surface area contributed by atoms with E-state index < -0.39 is 10.1 Å². The fourth-order valence-electron chi connectivity index (χ4n) is 1.02. The highest BCUT2D eigenvalue weighted by molar-refractivity contribution is 7.85. The van der Waals surface area contributed by atoms with Gasteiger partial charge < -0.3 is 10.2 Å². The summed E-state index contributed by atoms with van der Waals surface area (Å²) in [6.07, 6.45) is 0.519. The van der Waals surface area contributed by atoms with Gasteiger partial charge in [0.1, 0.15) is 0 Å². The molecule has 0 rings (SSSR count). The Hall–Kier alpha value is -0.210. The molecular weight excluding hydrogens is 210 g/mol. The van der Waals surface area contributed by atoms with Gasteiger partial charge in [0.05, 0.1) is 12.4 Å². The normalized spacial score (nSPS) is 12.3. The molecule has 0 aromatic rings. The quantitative estimate of drug-likeness (QED) is 0.439. The molecular formula is C7H17NO5S. The summed E-state index contributed by atoms with van der Waals surface area (Å²) in [6, 6.07) is 0. The monoisotopic (exact) mass is 227 g/mol. The van der Waals surface area contributed by atoms with E-state index in [0.29, 0.717) is 19.5 Å². The minimum Gasteiger partial charge on any atom is -0.396 e. The Morgan fingerprint density at radius 2 is 1.64 bits per heavy atom. The molecule has 0 aliphatic heterocycles. The summed E-state index contributed by atoms with van der Waals surface area (Å²) in [5.74, 6) is -0.349. The van der Waals surface area contributed by atoms with Crippen LogP contribution in [0.2, 0.25) is 0 Å². The van der Waals surface area contributed by atoms with Gasteiger partial charge in [-0.2, -0.15) is 8.42 Å². The summed E-state index contributed by atoms with van der Waals surface area (Å²) in [5, 5.41) is 17.2. The number of aliphatic hydroxyl groups is 2. The van der Waals surface area contributed by atoms with Crippen molar-refractivity contribution in [3.8, 4) is 0 Å². The standard InChI is InChI=1S/C7H17NO5S/c9-5-1-2-8(3-6-10)4-7-14(11,12)13/h9-10H,1-7H2,(H,11,12,13). The van der Waals surface area contributed by atoms with Gasteiger partial charge in [0.15, 0.2) is 0 Å². The highest BCUT2D eigenvalue weighted by Gasteiger charge is 2.09. The average molecular weight is 227 g/mol. The average Bonchev–Trinajstić information content (AvgIpc) is 2.08. The molecule has 0 aromatic heterocycles. The topological polar surface area (TPSA) is 98.1 Å². The van der Waals surface area contributed by atoms with Crippen LogP contribution in [0.5, 0.6) is 0 Å². The number of hydrogen-bond acceptors (Lipinski definition) is 5. The highest BCUT2D eigenvalue weighted by Crippen LogP contribution is 1.93. The van der Waals surface area contributed by atoms with E-state index in [0.717, 1.165) is 0 Å². The number of aliphatic hydroxyl groups excluding tert-OH is 2. The molecule has 0 aliphatic rings. The molecule has 86 valence electrons. The zero-order valence-electron chi connectivity index (χ0n) is 7.96. The van der Waals surface area contributed by atoms with Gasteiger partial charge in [-0.25, -0.2) is 0 Å². The Labute approximate surface area is 83.9 Å². The molecule has 0 radical (unpaired) electrons. The van der Waals surface area contributed by atoms with Gasteiger partial charge in [0.25, 0.3) is 10.1 Å². The fraction of sp³-hybridized carbons (Fsp3) is 1.00. The third-order valence-corrected chi connectivity index (χ3v) is 2.41. The second-order valence-electron chi connectivity index (χ2n) is 2.93. The smallest absolute Gasteiger partial charge is 0.266 e. The van der Waals surface area contributed by atoms with Crippen LogP contribution in [0.3, 0.4) is 0 Å². The lowest BCUT2D eigenvalue weighted by molar-refractivity contribution is 0.185. The van der Waals surface area contributed by atoms with Crippen molar-refractivity contribution >= 4 is 10.1 Å². The predicted molar refractivity (Wildman–Crippen MR) is 51.6 cm³/mol. The van der Waals surface area contributed by atoms with E-state index >= 15 is 0 Å². The van der Waals surface area contributed by atoms with Crippen LogP contribution < -0.4 is 0 Å². The van der Waals surface area contributed by atoms with E-state index in [-0.39, 0.29) is 25.5 Å². The fourth-order valence-corrected chi connectivity index (χ4v) is 1.50. The maximum Gasteiger partial charge on any atom is 0.266 e. The van der Waals surface area contributed by atoms with Crippen molar-refractivity contribution in [3.05, 3.63) is 0 Å². The Morgan fingerprint density at radius 1 is 1.00 bits per heavy atom. The summed E-state index contributed by atoms with van der Waals surface area (Å²) in [4.78, 5) is 1.67. The molecule has 14 heavy (non-hydrogen) atoms. The first kappa shape index (κ1) is 13.8. The van der Waals surface area contributed by atoms with Crippen LogP contribution in [-0.2, 0) is 10.1 Å². The van der Waals surface area contributed by atoms with E-state index in [2.05, 4.69) is 0 Å². The van der Waals surface area contributed by atoms with Crippen molar-refractivity contribution in [2.24, 2.45) is 0 Å². The second-order valence-corrected chi connectivity index (χ2v) is 4.50. The first-order chi connectivity index (χ1) is 6.49. The van der Waals surface area contributed by atoms with Crippen LogP contribution in [0.15, 0.2) is 0 Å². The lowest BCUT2D eigenvalue weighted by atomic mass is 10.4. The minimum atomic E-state index is -3.95. The van der Waals surface area contributed by atoms with Gasteiger partial charge in [0, 0.05) is 26.2 Å². The van der Waals surface area contributed by atoms with Crippen molar-refractivity contribution in [2.45, 2.75) is 6.42 Å². The minimum absolute atomic E-state index is 0.0216. The van der Waals surface area contributed by atoms with Crippen molar-refractivity contribution in [1.82, 2.24) is 4.90 Å². The van der Waals surface area contributed by atoms with E-state index in [9.17, 15) is 8.42 Å². The van der Waals surface area contributed by atoms with Gasteiger partial charge in [-0.05, 0) is 6.42 Å². The molecule has 7 heteroatoms. The van der Waals surface area contributed by atoms with Crippen LogP contribution in [0.25, 0.3) is 0 Å². The largest absolute Gasteiger partial charge is 0.396 e. The van der Waals surface area contributed by atoms with E-state index in [1.54, 1.807) is 4.90 Å². The lowest BCUT2D eigenvalue weighted by Gasteiger charge is -2.19. The molecule has 0 saturated carbocycles. The molecule has 3 N–H and O–H groups in total. The molecule has 0 spiro atoms. The van der Waals surface area contributed by atoms with Crippen LogP contribution in [-0.4, -0.2) is 66.7 Å². The third kappa shape index (κ3) is 8.39. The summed E-state index contributed by atoms with van der Waals surface area (Å²) in [7, 11) is -3.95. The summed E-state index contributed by atoms with van der Waals surface area (Å²) in [6.45, 7) is 0.964. The maximum absolute atomic E-state index is 10.4. The van der Waals surface area contributed by atoms with E-state index in [4.69, 9.17) is 14.8 Å². The number of hydrogen-bond donors (Lipinski definition) is 3. The maximum atomic E-state index is 10.4. The Kier molecular flexibility index (Phi) is 7.02. The van der Waals surface area contributed by atoms with Crippen molar-refractivity contribution in [2.75, 3.05) is 38.6 Å². The molecule has 0 aromatic carbocycles. The second kappa shape index (κ2) is 7.13. The van der Waals surface area contributed by atoms with Crippen LogP contribution >= 0.6 is 0 Å². The van der Waals surface area contributed by atoms with E-state index in [1.807, 2.05) is 0 Å². The zero-order chi connectivity index (χ0) is 11.0. The molecule has 0 aliphatic carbocycles. The molecule has 0 saturated heterocycles. The van der Waals surface area contributed by atoms with Crippen molar-refractivity contribution in [1.29, 1.82) is 0 Å². The molecule has 0 bridgehead atoms. The predicted octanol–water partition coefficient (Wildman–Crippen LogP) is -1.45. The van der Waals surface area contributed by atoms with Gasteiger partial charge >= 0.3 is 0 Å².